The summed E-state index contributed by atoms with van der Waals surface area (Å²) in [5.74, 6) is 0.729. The summed E-state index contributed by atoms with van der Waals surface area (Å²) in [6, 6.07) is 14.1. The van der Waals surface area contributed by atoms with Crippen LogP contribution in [0.15, 0.2) is 47.6 Å². The molecule has 0 amide bonds. The topological polar surface area (TPSA) is 41.8 Å². The third-order valence-corrected chi connectivity index (χ3v) is 3.15. The van der Waals surface area contributed by atoms with E-state index in [1.807, 2.05) is 37.3 Å². The molecule has 0 bridgehead atoms. The van der Waals surface area contributed by atoms with Crippen LogP contribution in [0.2, 0.25) is 0 Å². The van der Waals surface area contributed by atoms with Crippen LogP contribution in [0.5, 0.6) is 5.75 Å². The fraction of sp³-hybridized carbons (Fsp3) is 0.235. The first-order chi connectivity index (χ1) is 9.60. The Morgan fingerprint density at radius 3 is 2.55 bits per heavy atom. The van der Waals surface area contributed by atoms with Crippen LogP contribution in [-0.4, -0.2) is 10.9 Å². The Morgan fingerprint density at radius 1 is 1.10 bits per heavy atom. The number of hydrogen-bond acceptors (Lipinski definition) is 3. The fourth-order valence-electron chi connectivity index (χ4n) is 2.07. The summed E-state index contributed by atoms with van der Waals surface area (Å²) in [5, 5.41) is 12.2. The highest BCUT2D eigenvalue weighted by atomic mass is 16.5. The molecule has 0 radical (unpaired) electrons. The van der Waals surface area contributed by atoms with Gasteiger partial charge in [-0.1, -0.05) is 46.6 Å². The van der Waals surface area contributed by atoms with Crippen molar-refractivity contribution in [1.82, 2.24) is 0 Å². The Kier molecular flexibility index (Phi) is 4.41. The molecule has 1 N–H and O–H groups in total. The number of rotatable bonds is 4. The second kappa shape index (κ2) is 6.24. The first-order valence-electron chi connectivity index (χ1n) is 6.58. The lowest BCUT2D eigenvalue weighted by Crippen LogP contribution is -2.03. The van der Waals surface area contributed by atoms with Gasteiger partial charge < -0.3 is 9.94 Å². The van der Waals surface area contributed by atoms with E-state index < -0.39 is 0 Å². The number of benzene rings is 2. The van der Waals surface area contributed by atoms with Crippen molar-refractivity contribution in [3.05, 3.63) is 64.7 Å². The van der Waals surface area contributed by atoms with Crippen molar-refractivity contribution in [2.24, 2.45) is 5.16 Å². The van der Waals surface area contributed by atoms with Crippen LogP contribution in [0.1, 0.15) is 29.2 Å². The van der Waals surface area contributed by atoms with E-state index in [1.165, 1.54) is 5.56 Å². The van der Waals surface area contributed by atoms with Gasteiger partial charge in [-0.3, -0.25) is 0 Å². The second-order valence-corrected chi connectivity index (χ2v) is 4.96. The number of ether oxygens (including phenoxy) is 1. The van der Waals surface area contributed by atoms with Gasteiger partial charge in [-0.2, -0.15) is 0 Å². The number of oxime groups is 1. The second-order valence-electron chi connectivity index (χ2n) is 4.96. The van der Waals surface area contributed by atoms with E-state index >= 15 is 0 Å². The Labute approximate surface area is 119 Å². The monoisotopic (exact) mass is 269 g/mol. The van der Waals surface area contributed by atoms with Gasteiger partial charge in [-0.25, -0.2) is 0 Å². The summed E-state index contributed by atoms with van der Waals surface area (Å²) in [6.07, 6.45) is 0. The van der Waals surface area contributed by atoms with Gasteiger partial charge in [0.05, 0.1) is 5.71 Å². The molecule has 20 heavy (non-hydrogen) atoms. The average molecular weight is 269 g/mol. The molecule has 0 fully saturated rings. The molecular weight excluding hydrogens is 250 g/mol. The summed E-state index contributed by atoms with van der Waals surface area (Å²) in [7, 11) is 0. The van der Waals surface area contributed by atoms with Crippen LogP contribution in [-0.2, 0) is 6.61 Å². The molecule has 3 heteroatoms. The summed E-state index contributed by atoms with van der Waals surface area (Å²) in [4.78, 5) is 0. The average Bonchev–Trinajstić information content (AvgIpc) is 2.45. The highest BCUT2D eigenvalue weighted by Crippen LogP contribution is 2.22. The molecular formula is C17H19NO2. The van der Waals surface area contributed by atoms with Gasteiger partial charge >= 0.3 is 0 Å². The van der Waals surface area contributed by atoms with Gasteiger partial charge in [0.15, 0.2) is 0 Å². The molecule has 0 aliphatic heterocycles. The van der Waals surface area contributed by atoms with Crippen molar-refractivity contribution in [1.29, 1.82) is 0 Å². The predicted octanol–water partition coefficient (Wildman–Crippen LogP) is 4.08. The molecule has 104 valence electrons. The minimum atomic E-state index is 0.496. The van der Waals surface area contributed by atoms with Crippen LogP contribution in [0, 0.1) is 13.8 Å². The molecule has 2 rings (SSSR count). The molecule has 3 nitrogen and oxygen atoms in total. The highest BCUT2D eigenvalue weighted by Gasteiger charge is 2.08. The fourth-order valence-corrected chi connectivity index (χ4v) is 2.07. The summed E-state index contributed by atoms with van der Waals surface area (Å²) in [6.45, 7) is 6.31. The third-order valence-electron chi connectivity index (χ3n) is 3.15. The maximum absolute atomic E-state index is 8.96. The third kappa shape index (κ3) is 3.38. The maximum Gasteiger partial charge on any atom is 0.128 e. The zero-order valence-electron chi connectivity index (χ0n) is 12.1. The SMILES string of the molecule is C/C(=N\O)c1cc(C)ccc1OCc1cccc(C)c1. The van der Waals surface area contributed by atoms with Crippen LogP contribution in [0.25, 0.3) is 0 Å². The van der Waals surface area contributed by atoms with Gasteiger partial charge in [0.25, 0.3) is 0 Å². The standard InChI is InChI=1S/C17H19NO2/c1-12-5-4-6-15(9-12)11-20-17-8-7-13(2)10-16(17)14(3)18-19/h4-10,19H,11H2,1-3H3/b18-14+. The molecule has 0 aliphatic carbocycles. The molecule has 0 unspecified atom stereocenters. The van der Waals surface area contributed by atoms with Gasteiger partial charge in [0.1, 0.15) is 12.4 Å². The molecule has 2 aromatic rings. The van der Waals surface area contributed by atoms with Crippen molar-refractivity contribution >= 4 is 5.71 Å². The van der Waals surface area contributed by atoms with E-state index in [0.29, 0.717) is 12.3 Å². The smallest absolute Gasteiger partial charge is 0.128 e. The highest BCUT2D eigenvalue weighted by molar-refractivity contribution is 6.00. The van der Waals surface area contributed by atoms with E-state index in [4.69, 9.17) is 9.94 Å². The van der Waals surface area contributed by atoms with E-state index in [-0.39, 0.29) is 0 Å². The van der Waals surface area contributed by atoms with Crippen LogP contribution >= 0.6 is 0 Å². The van der Waals surface area contributed by atoms with E-state index in [9.17, 15) is 0 Å². The Balaban J connectivity index is 2.21. The normalized spacial score (nSPS) is 11.4. The Hall–Kier alpha value is -2.29. The molecule has 2 aromatic carbocycles. The van der Waals surface area contributed by atoms with Crippen LogP contribution in [0.3, 0.4) is 0 Å². The molecule has 0 atom stereocenters. The van der Waals surface area contributed by atoms with Gasteiger partial charge in [-0.15, -0.1) is 0 Å². The lowest BCUT2D eigenvalue weighted by atomic mass is 10.1. The first-order valence-corrected chi connectivity index (χ1v) is 6.58. The molecule has 0 aliphatic rings. The molecule has 0 heterocycles. The number of hydrogen-bond donors (Lipinski definition) is 1. The lowest BCUT2D eigenvalue weighted by Gasteiger charge is -2.12. The minimum Gasteiger partial charge on any atom is -0.488 e. The van der Waals surface area contributed by atoms with Gasteiger partial charge in [-0.05, 0) is 38.5 Å². The van der Waals surface area contributed by atoms with E-state index in [0.717, 1.165) is 22.4 Å². The molecule has 0 aromatic heterocycles. The number of aryl methyl sites for hydroxylation is 2. The van der Waals surface area contributed by atoms with Crippen LogP contribution in [0.4, 0.5) is 0 Å². The van der Waals surface area contributed by atoms with Crippen molar-refractivity contribution in [3.63, 3.8) is 0 Å². The quantitative estimate of drug-likeness (QED) is 0.516. The molecule has 0 saturated carbocycles. The van der Waals surface area contributed by atoms with Crippen molar-refractivity contribution in [2.75, 3.05) is 0 Å². The lowest BCUT2D eigenvalue weighted by molar-refractivity contribution is 0.303. The largest absolute Gasteiger partial charge is 0.488 e. The van der Waals surface area contributed by atoms with Crippen molar-refractivity contribution in [2.45, 2.75) is 27.4 Å². The zero-order valence-corrected chi connectivity index (χ0v) is 12.1. The predicted molar refractivity (Wildman–Crippen MR) is 80.7 cm³/mol. The van der Waals surface area contributed by atoms with Crippen molar-refractivity contribution in [3.8, 4) is 5.75 Å². The first kappa shape index (κ1) is 14.1. The van der Waals surface area contributed by atoms with Gasteiger partial charge in [0, 0.05) is 5.56 Å². The zero-order chi connectivity index (χ0) is 14.5. The Bertz CT molecular complexity index is 633. The van der Waals surface area contributed by atoms with Crippen LogP contribution < -0.4 is 4.74 Å². The minimum absolute atomic E-state index is 0.496. The van der Waals surface area contributed by atoms with Gasteiger partial charge in [0.2, 0.25) is 0 Å². The summed E-state index contributed by atoms with van der Waals surface area (Å²) in [5.41, 5.74) is 4.80. The summed E-state index contributed by atoms with van der Waals surface area (Å²) < 4.78 is 5.86. The van der Waals surface area contributed by atoms with Crippen molar-refractivity contribution < 1.29 is 9.94 Å². The van der Waals surface area contributed by atoms with E-state index in [2.05, 4.69) is 24.2 Å². The molecule has 0 saturated heterocycles. The Morgan fingerprint density at radius 2 is 1.85 bits per heavy atom. The number of nitrogens with zero attached hydrogens (tertiary/aromatic N) is 1. The maximum atomic E-state index is 8.96. The van der Waals surface area contributed by atoms with E-state index in [1.54, 1.807) is 6.92 Å². The molecule has 0 spiro atoms. The summed E-state index contributed by atoms with van der Waals surface area (Å²) >= 11 is 0.